The van der Waals surface area contributed by atoms with Gasteiger partial charge >= 0.3 is 0 Å². The predicted octanol–water partition coefficient (Wildman–Crippen LogP) is 5.53. The van der Waals surface area contributed by atoms with E-state index in [9.17, 15) is 4.79 Å². The van der Waals surface area contributed by atoms with Crippen molar-refractivity contribution < 1.29 is 4.79 Å². The van der Waals surface area contributed by atoms with Gasteiger partial charge in [-0.2, -0.15) is 0 Å². The number of rotatable bonds is 8. The van der Waals surface area contributed by atoms with Gasteiger partial charge in [0.25, 0.3) is 0 Å². The Labute approximate surface area is 195 Å². The average Bonchev–Trinajstić information content (AvgIpc) is 2.77. The first-order valence-corrected chi connectivity index (χ1v) is 13.4. The fourth-order valence-corrected chi connectivity index (χ4v) is 6.66. The summed E-state index contributed by atoms with van der Waals surface area (Å²) in [5, 5.41) is 0. The largest absolute Gasteiger partial charge is 0.328 e. The fourth-order valence-electron chi connectivity index (χ4n) is 6.66. The number of nitrogens with two attached hydrogens (primary N) is 1. The van der Waals surface area contributed by atoms with E-state index >= 15 is 0 Å². The normalized spacial score (nSPS) is 31.5. The molecular formula is C28H45N3O. The second kappa shape index (κ2) is 11.2. The number of unbranched alkanes of at least 4 members (excludes halogenated alkanes) is 2. The fraction of sp³-hybridized carbons (Fsp3) is 0.750. The van der Waals surface area contributed by atoms with Gasteiger partial charge in [0.05, 0.1) is 0 Å². The number of benzene rings is 1. The highest BCUT2D eigenvalue weighted by molar-refractivity contribution is 5.98. The maximum Gasteiger partial charge on any atom is 0.230 e. The zero-order valence-electron chi connectivity index (χ0n) is 20.5. The summed E-state index contributed by atoms with van der Waals surface area (Å²) < 4.78 is 0. The van der Waals surface area contributed by atoms with Crippen molar-refractivity contribution in [2.75, 3.05) is 18.0 Å². The van der Waals surface area contributed by atoms with Crippen molar-refractivity contribution in [2.24, 2.45) is 17.6 Å². The highest BCUT2D eigenvalue weighted by atomic mass is 16.2. The summed E-state index contributed by atoms with van der Waals surface area (Å²) in [4.78, 5) is 18.4. The summed E-state index contributed by atoms with van der Waals surface area (Å²) in [6.07, 6.45) is 14.2. The minimum atomic E-state index is 0.134. The number of amides is 1. The Morgan fingerprint density at radius 2 is 1.66 bits per heavy atom. The molecule has 4 rings (SSSR count). The van der Waals surface area contributed by atoms with Crippen molar-refractivity contribution in [3.63, 3.8) is 0 Å². The van der Waals surface area contributed by atoms with Crippen molar-refractivity contribution in [3.8, 4) is 0 Å². The molecule has 2 heterocycles. The Morgan fingerprint density at radius 1 is 0.938 bits per heavy atom. The zero-order valence-corrected chi connectivity index (χ0v) is 20.5. The van der Waals surface area contributed by atoms with E-state index in [1.807, 2.05) is 0 Å². The molecule has 1 aromatic rings. The number of hydrogen-bond acceptors (Lipinski definition) is 3. The minimum absolute atomic E-state index is 0.134. The lowest BCUT2D eigenvalue weighted by Gasteiger charge is -2.39. The van der Waals surface area contributed by atoms with Gasteiger partial charge in [-0.15, -0.1) is 0 Å². The van der Waals surface area contributed by atoms with E-state index < -0.39 is 0 Å². The maximum atomic E-state index is 13.5. The van der Waals surface area contributed by atoms with Crippen LogP contribution in [-0.4, -0.2) is 42.0 Å². The Morgan fingerprint density at radius 3 is 2.44 bits per heavy atom. The molecule has 1 saturated heterocycles. The van der Waals surface area contributed by atoms with Gasteiger partial charge in [0, 0.05) is 36.3 Å². The summed E-state index contributed by atoms with van der Waals surface area (Å²) in [6, 6.07) is 10.4. The topological polar surface area (TPSA) is 49.6 Å². The maximum absolute atomic E-state index is 13.5. The summed E-state index contributed by atoms with van der Waals surface area (Å²) in [6.45, 7) is 6.84. The molecule has 0 radical (unpaired) electrons. The first-order chi connectivity index (χ1) is 15.5. The number of para-hydroxylation sites is 1. The molecule has 4 heteroatoms. The average molecular weight is 440 g/mol. The van der Waals surface area contributed by atoms with Crippen LogP contribution in [0.3, 0.4) is 0 Å². The first-order valence-electron chi connectivity index (χ1n) is 13.4. The molecule has 3 unspecified atom stereocenters. The van der Waals surface area contributed by atoms with E-state index in [-0.39, 0.29) is 5.92 Å². The summed E-state index contributed by atoms with van der Waals surface area (Å²) in [7, 11) is 0. The highest BCUT2D eigenvalue weighted by Gasteiger charge is 2.34. The van der Waals surface area contributed by atoms with Crippen LogP contribution >= 0.6 is 0 Å². The van der Waals surface area contributed by atoms with Crippen LogP contribution in [0.2, 0.25) is 0 Å². The summed E-state index contributed by atoms with van der Waals surface area (Å²) in [5.41, 5.74) is 8.75. The molecule has 5 atom stereocenters. The van der Waals surface area contributed by atoms with Crippen LogP contribution in [0.25, 0.3) is 0 Å². The lowest BCUT2D eigenvalue weighted by molar-refractivity contribution is -0.123. The number of hydrogen-bond donors (Lipinski definition) is 1. The molecule has 2 fully saturated rings. The Hall–Kier alpha value is -1.39. The van der Waals surface area contributed by atoms with Crippen LogP contribution in [0.4, 0.5) is 5.69 Å². The van der Waals surface area contributed by atoms with Crippen LogP contribution in [-0.2, 0) is 11.2 Å². The molecule has 1 aliphatic carbocycles. The molecule has 0 spiro atoms. The van der Waals surface area contributed by atoms with Crippen LogP contribution in [0, 0.1) is 11.8 Å². The van der Waals surface area contributed by atoms with Gasteiger partial charge in [-0.05, 0) is 89.3 Å². The number of fused-ring (bicyclic) bond motifs is 1. The zero-order chi connectivity index (χ0) is 22.5. The van der Waals surface area contributed by atoms with Crippen molar-refractivity contribution in [3.05, 3.63) is 29.8 Å². The summed E-state index contributed by atoms with van der Waals surface area (Å²) >= 11 is 0. The SMILES string of the molecule is C[C@@H]1CCC[C@H](C)N1CCCCCN1C(=O)C(CC2CCCC(N)C2)Cc2ccccc21. The number of piperidine rings is 1. The third kappa shape index (κ3) is 5.75. The van der Waals surface area contributed by atoms with Gasteiger partial charge in [-0.25, -0.2) is 0 Å². The Bertz CT molecular complexity index is 740. The van der Waals surface area contributed by atoms with Gasteiger partial charge in [0.1, 0.15) is 0 Å². The number of anilines is 1. The molecule has 0 bridgehead atoms. The van der Waals surface area contributed by atoms with Crippen molar-refractivity contribution in [2.45, 2.75) is 109 Å². The lowest BCUT2D eigenvalue weighted by atomic mass is 9.77. The van der Waals surface area contributed by atoms with E-state index in [2.05, 4.69) is 47.9 Å². The van der Waals surface area contributed by atoms with Gasteiger partial charge in [-0.1, -0.05) is 43.9 Å². The van der Waals surface area contributed by atoms with Crippen molar-refractivity contribution in [1.82, 2.24) is 4.90 Å². The van der Waals surface area contributed by atoms with Gasteiger partial charge < -0.3 is 10.6 Å². The standard InChI is InChI=1S/C28H45N3O/c1-21-10-8-11-22(2)30(21)16-6-3-7-17-31-27-15-5-4-13-24(27)20-25(28(31)32)18-23-12-9-14-26(29)19-23/h4-5,13,15,21-23,25-26H,3,6-12,14,16-20,29H2,1-2H3/t21-,22+,23?,25?,26?. The van der Waals surface area contributed by atoms with Gasteiger partial charge in [0.15, 0.2) is 0 Å². The van der Waals surface area contributed by atoms with E-state index in [1.165, 1.54) is 57.1 Å². The molecule has 4 nitrogen and oxygen atoms in total. The third-order valence-electron chi connectivity index (χ3n) is 8.48. The molecule has 1 aromatic carbocycles. The molecule has 32 heavy (non-hydrogen) atoms. The van der Waals surface area contributed by atoms with Crippen molar-refractivity contribution in [1.29, 1.82) is 0 Å². The molecular weight excluding hydrogens is 394 g/mol. The molecule has 2 aliphatic heterocycles. The third-order valence-corrected chi connectivity index (χ3v) is 8.48. The second-order valence-electron chi connectivity index (χ2n) is 11.0. The Kier molecular flexibility index (Phi) is 8.28. The van der Waals surface area contributed by atoms with E-state index in [0.717, 1.165) is 56.4 Å². The number of carbonyl (C=O) groups excluding carboxylic acids is 1. The number of likely N-dealkylation sites (tertiary alicyclic amines) is 1. The predicted molar refractivity (Wildman–Crippen MR) is 134 cm³/mol. The van der Waals surface area contributed by atoms with Crippen molar-refractivity contribution >= 4 is 11.6 Å². The molecule has 0 aromatic heterocycles. The monoisotopic (exact) mass is 439 g/mol. The van der Waals surface area contributed by atoms with Crippen LogP contribution in [0.1, 0.15) is 90.0 Å². The smallest absolute Gasteiger partial charge is 0.230 e. The molecule has 1 amide bonds. The molecule has 178 valence electrons. The van der Waals surface area contributed by atoms with Crippen LogP contribution < -0.4 is 10.6 Å². The number of carbonyl (C=O) groups is 1. The lowest BCUT2D eigenvalue weighted by Crippen LogP contribution is -2.44. The quantitative estimate of drug-likeness (QED) is 0.542. The second-order valence-corrected chi connectivity index (χ2v) is 11.0. The van der Waals surface area contributed by atoms with E-state index in [0.29, 0.717) is 17.9 Å². The first kappa shape index (κ1) is 23.8. The molecule has 2 N–H and O–H groups in total. The minimum Gasteiger partial charge on any atom is -0.328 e. The van der Waals surface area contributed by atoms with Gasteiger partial charge in [0.2, 0.25) is 5.91 Å². The van der Waals surface area contributed by atoms with E-state index in [1.54, 1.807) is 0 Å². The van der Waals surface area contributed by atoms with E-state index in [4.69, 9.17) is 5.73 Å². The summed E-state index contributed by atoms with van der Waals surface area (Å²) in [5.74, 6) is 1.12. The molecule has 3 aliphatic rings. The van der Waals surface area contributed by atoms with Gasteiger partial charge in [-0.3, -0.25) is 9.69 Å². The van der Waals surface area contributed by atoms with Crippen LogP contribution in [0.15, 0.2) is 24.3 Å². The Balaban J connectivity index is 1.31. The number of nitrogens with zero attached hydrogens (tertiary/aromatic N) is 2. The van der Waals surface area contributed by atoms with Crippen LogP contribution in [0.5, 0.6) is 0 Å². The highest BCUT2D eigenvalue weighted by Crippen LogP contribution is 2.36. The molecule has 1 saturated carbocycles.